The monoisotopic (exact) mass is 437 g/mol. The smallest absolute Gasteiger partial charge is 0.153 e. The van der Waals surface area contributed by atoms with Crippen molar-refractivity contribution in [2.75, 3.05) is 7.11 Å². The maximum absolute atomic E-state index is 9.63. The normalized spacial score (nSPS) is 11.3. The summed E-state index contributed by atoms with van der Waals surface area (Å²) in [6.45, 7) is 9.07. The molecule has 0 spiro atoms. The first-order valence-corrected chi connectivity index (χ1v) is 10.9. The second-order valence-electron chi connectivity index (χ2n) is 9.09. The Labute approximate surface area is 194 Å². The first-order chi connectivity index (χ1) is 15.8. The molecule has 0 N–H and O–H groups in total. The van der Waals surface area contributed by atoms with Gasteiger partial charge < -0.3 is 9.47 Å². The van der Waals surface area contributed by atoms with Crippen molar-refractivity contribution in [2.45, 2.75) is 39.7 Å². The van der Waals surface area contributed by atoms with Gasteiger partial charge in [0.15, 0.2) is 5.69 Å². The highest BCUT2D eigenvalue weighted by molar-refractivity contribution is 5.91. The molecule has 0 amide bonds. The summed E-state index contributed by atoms with van der Waals surface area (Å²) in [5.74, 6) is 1.38. The fourth-order valence-electron chi connectivity index (χ4n) is 3.78. The van der Waals surface area contributed by atoms with Crippen molar-refractivity contribution < 1.29 is 9.47 Å². The number of hydrogen-bond acceptors (Lipinski definition) is 5. The van der Waals surface area contributed by atoms with Crippen LogP contribution in [0.4, 0.5) is 0 Å². The highest BCUT2D eigenvalue weighted by atomic mass is 16.5. The summed E-state index contributed by atoms with van der Waals surface area (Å²) in [6.07, 6.45) is 1.61. The van der Waals surface area contributed by atoms with Crippen LogP contribution in [0.15, 0.2) is 60.8 Å². The molecule has 2 aromatic heterocycles. The Morgan fingerprint density at radius 2 is 1.76 bits per heavy atom. The minimum Gasteiger partial charge on any atom is -0.497 e. The van der Waals surface area contributed by atoms with E-state index in [4.69, 9.17) is 14.5 Å². The third kappa shape index (κ3) is 4.65. The summed E-state index contributed by atoms with van der Waals surface area (Å²) in [5.41, 5.74) is 6.31. The molecule has 4 aromatic rings. The van der Waals surface area contributed by atoms with Crippen molar-refractivity contribution in [1.82, 2.24) is 9.97 Å². The number of hydrogen-bond donors (Lipinski definition) is 0. The molecule has 5 nitrogen and oxygen atoms in total. The van der Waals surface area contributed by atoms with Crippen molar-refractivity contribution in [3.8, 4) is 28.8 Å². The number of ether oxygens (including phenoxy) is 2. The highest BCUT2D eigenvalue weighted by Gasteiger charge is 2.18. The number of benzene rings is 2. The second kappa shape index (κ2) is 8.91. The van der Waals surface area contributed by atoms with Gasteiger partial charge in [-0.25, -0.2) is 9.97 Å². The van der Waals surface area contributed by atoms with E-state index in [1.807, 2.05) is 36.4 Å². The molecule has 5 heteroatoms. The molecule has 0 unspecified atom stereocenters. The summed E-state index contributed by atoms with van der Waals surface area (Å²) in [6, 6.07) is 20.1. The standard InChI is InChI=1S/C28H27N3O2/c1-18-14-20(28(2,3)4)8-11-22(18)24-15-26(27-23(31-24)12-13-30-25(27)16-29)33-17-19-6-9-21(32-5)10-7-19/h6-15H,17H2,1-5H3. The van der Waals surface area contributed by atoms with E-state index in [9.17, 15) is 5.26 Å². The molecule has 0 bridgehead atoms. The van der Waals surface area contributed by atoms with Crippen LogP contribution in [0.1, 0.15) is 43.2 Å². The Bertz CT molecular complexity index is 1350. The molecule has 33 heavy (non-hydrogen) atoms. The average Bonchev–Trinajstić information content (AvgIpc) is 2.81. The molecule has 0 saturated carbocycles. The van der Waals surface area contributed by atoms with Crippen molar-refractivity contribution >= 4 is 10.9 Å². The summed E-state index contributed by atoms with van der Waals surface area (Å²) < 4.78 is 11.5. The van der Waals surface area contributed by atoms with Crippen molar-refractivity contribution in [1.29, 1.82) is 5.26 Å². The molecule has 0 fully saturated rings. The largest absolute Gasteiger partial charge is 0.497 e. The Morgan fingerprint density at radius 1 is 1.00 bits per heavy atom. The second-order valence-corrected chi connectivity index (χ2v) is 9.09. The van der Waals surface area contributed by atoms with Gasteiger partial charge in [-0.15, -0.1) is 0 Å². The molecule has 166 valence electrons. The molecule has 0 atom stereocenters. The molecular weight excluding hydrogens is 410 g/mol. The van der Waals surface area contributed by atoms with Gasteiger partial charge in [0, 0.05) is 17.8 Å². The van der Waals surface area contributed by atoms with Crippen molar-refractivity contribution in [3.05, 3.63) is 83.2 Å². The van der Waals surface area contributed by atoms with E-state index in [0.717, 1.165) is 28.1 Å². The number of rotatable bonds is 5. The van der Waals surface area contributed by atoms with Gasteiger partial charge in [-0.05, 0) is 47.2 Å². The first-order valence-electron chi connectivity index (χ1n) is 10.9. The van der Waals surface area contributed by atoms with Gasteiger partial charge in [-0.2, -0.15) is 5.26 Å². The van der Waals surface area contributed by atoms with Gasteiger partial charge >= 0.3 is 0 Å². The lowest BCUT2D eigenvalue weighted by atomic mass is 9.85. The zero-order chi connectivity index (χ0) is 23.6. The van der Waals surface area contributed by atoms with E-state index in [2.05, 4.69) is 56.9 Å². The van der Waals surface area contributed by atoms with Gasteiger partial charge in [0.05, 0.1) is 23.7 Å². The Kier molecular flexibility index (Phi) is 6.02. The van der Waals surface area contributed by atoms with Gasteiger partial charge in [0.25, 0.3) is 0 Å². The third-order valence-electron chi connectivity index (χ3n) is 5.71. The van der Waals surface area contributed by atoms with Crippen LogP contribution in [0.25, 0.3) is 22.2 Å². The minimum atomic E-state index is 0.0695. The van der Waals surface area contributed by atoms with Crippen molar-refractivity contribution in [3.63, 3.8) is 0 Å². The average molecular weight is 438 g/mol. The van der Waals surface area contributed by atoms with E-state index in [1.54, 1.807) is 13.3 Å². The number of aryl methyl sites for hydroxylation is 1. The summed E-state index contributed by atoms with van der Waals surface area (Å²) >= 11 is 0. The maximum atomic E-state index is 9.63. The zero-order valence-corrected chi connectivity index (χ0v) is 19.6. The van der Waals surface area contributed by atoms with Crippen LogP contribution in [-0.2, 0) is 12.0 Å². The summed E-state index contributed by atoms with van der Waals surface area (Å²) in [4.78, 5) is 9.08. The Hall–Kier alpha value is -3.91. The SMILES string of the molecule is COc1ccc(COc2cc(-c3ccc(C(C)(C)C)cc3C)nc3ccnc(C#N)c23)cc1. The zero-order valence-electron chi connectivity index (χ0n) is 19.6. The molecule has 0 aliphatic heterocycles. The number of aromatic nitrogens is 2. The molecule has 2 aromatic carbocycles. The van der Waals surface area contributed by atoms with Crippen LogP contribution < -0.4 is 9.47 Å². The maximum Gasteiger partial charge on any atom is 0.153 e. The quantitative estimate of drug-likeness (QED) is 0.363. The van der Waals surface area contributed by atoms with E-state index in [1.165, 1.54) is 5.56 Å². The highest BCUT2D eigenvalue weighted by Crippen LogP contribution is 2.35. The van der Waals surface area contributed by atoms with E-state index >= 15 is 0 Å². The third-order valence-corrected chi connectivity index (χ3v) is 5.71. The van der Waals surface area contributed by atoms with Gasteiger partial charge in [0.1, 0.15) is 24.2 Å². The predicted octanol–water partition coefficient (Wildman–Crippen LogP) is 6.36. The fourth-order valence-corrected chi connectivity index (χ4v) is 3.78. The Balaban J connectivity index is 1.79. The molecule has 0 aliphatic carbocycles. The lowest BCUT2D eigenvalue weighted by Crippen LogP contribution is -2.11. The molecule has 4 rings (SSSR count). The molecular formula is C28H27N3O2. The van der Waals surface area contributed by atoms with Crippen LogP contribution in [0.5, 0.6) is 11.5 Å². The number of methoxy groups -OCH3 is 1. The Morgan fingerprint density at radius 3 is 2.39 bits per heavy atom. The molecule has 0 aliphatic rings. The molecule has 0 radical (unpaired) electrons. The van der Waals surface area contributed by atoms with Crippen LogP contribution in [0, 0.1) is 18.3 Å². The lowest BCUT2D eigenvalue weighted by molar-refractivity contribution is 0.309. The number of fused-ring (bicyclic) bond motifs is 1. The van der Waals surface area contributed by atoms with Gasteiger partial charge in [-0.3, -0.25) is 0 Å². The first kappa shape index (κ1) is 22.3. The van der Waals surface area contributed by atoms with Gasteiger partial charge in [-0.1, -0.05) is 51.1 Å². The van der Waals surface area contributed by atoms with Crippen molar-refractivity contribution in [2.24, 2.45) is 0 Å². The summed E-state index contributed by atoms with van der Waals surface area (Å²) in [7, 11) is 1.64. The van der Waals surface area contributed by atoms with E-state index < -0.39 is 0 Å². The molecule has 0 saturated heterocycles. The minimum absolute atomic E-state index is 0.0695. The van der Waals surface area contributed by atoms with Crippen LogP contribution >= 0.6 is 0 Å². The van der Waals surface area contributed by atoms with Crippen LogP contribution in [0.2, 0.25) is 0 Å². The number of nitrogens with zero attached hydrogens (tertiary/aromatic N) is 3. The number of pyridine rings is 2. The fraction of sp³-hybridized carbons (Fsp3) is 0.250. The topological polar surface area (TPSA) is 68.0 Å². The van der Waals surface area contributed by atoms with Gasteiger partial charge in [0.2, 0.25) is 0 Å². The number of nitriles is 1. The van der Waals surface area contributed by atoms with E-state index in [0.29, 0.717) is 29.0 Å². The van der Waals surface area contributed by atoms with Crippen LogP contribution in [-0.4, -0.2) is 17.1 Å². The molecule has 2 heterocycles. The predicted molar refractivity (Wildman–Crippen MR) is 130 cm³/mol. The summed E-state index contributed by atoms with van der Waals surface area (Å²) in [5, 5.41) is 10.3. The lowest BCUT2D eigenvalue weighted by Gasteiger charge is -2.21. The van der Waals surface area contributed by atoms with E-state index in [-0.39, 0.29) is 5.41 Å². The van der Waals surface area contributed by atoms with Crippen LogP contribution in [0.3, 0.4) is 0 Å².